The van der Waals surface area contributed by atoms with Crippen LogP contribution in [0.1, 0.15) is 6.42 Å². The van der Waals surface area contributed by atoms with Crippen molar-refractivity contribution in [1.82, 2.24) is 29.1 Å². The number of likely N-dealkylation sites (tertiary alicyclic amines) is 1. The molecule has 1 aliphatic heterocycles. The van der Waals surface area contributed by atoms with Gasteiger partial charge in [-0.05, 0) is 43.3 Å². The van der Waals surface area contributed by atoms with Gasteiger partial charge in [-0.25, -0.2) is 13.4 Å². The molecule has 0 amide bonds. The maximum atomic E-state index is 14.4. The molecule has 0 saturated carbocycles. The van der Waals surface area contributed by atoms with Gasteiger partial charge in [-0.1, -0.05) is 0 Å². The molecule has 9 heteroatoms. The van der Waals surface area contributed by atoms with Crippen LogP contribution in [0.15, 0.2) is 42.9 Å². The fourth-order valence-electron chi connectivity index (χ4n) is 3.90. The van der Waals surface area contributed by atoms with Crippen LogP contribution in [0.3, 0.4) is 0 Å². The number of anilines is 1. The van der Waals surface area contributed by atoms with Crippen LogP contribution in [0.2, 0.25) is 0 Å². The predicted octanol–water partition coefficient (Wildman–Crippen LogP) is 2.51. The zero-order valence-electron chi connectivity index (χ0n) is 16.3. The molecular formula is C20H22FN7O. The lowest BCUT2D eigenvalue weighted by molar-refractivity contribution is 0.149. The number of nitrogens with one attached hydrogen (secondary N) is 1. The second-order valence-corrected chi connectivity index (χ2v) is 7.40. The number of hydrogen-bond acceptors (Lipinski definition) is 6. The smallest absolute Gasteiger partial charge is 0.244 e. The summed E-state index contributed by atoms with van der Waals surface area (Å²) in [4.78, 5) is 6.50. The van der Waals surface area contributed by atoms with Crippen molar-refractivity contribution >= 4 is 17.0 Å². The lowest BCUT2D eigenvalue weighted by Crippen LogP contribution is -2.46. The largest absolute Gasteiger partial charge is 0.479 e. The van der Waals surface area contributed by atoms with E-state index in [1.54, 1.807) is 17.8 Å². The van der Waals surface area contributed by atoms with Crippen LogP contribution in [0.25, 0.3) is 22.2 Å². The predicted molar refractivity (Wildman–Crippen MR) is 108 cm³/mol. The summed E-state index contributed by atoms with van der Waals surface area (Å²) < 4.78 is 23.5. The van der Waals surface area contributed by atoms with Crippen LogP contribution in [-0.4, -0.2) is 68.6 Å². The molecule has 1 saturated heterocycles. The Bertz CT molecular complexity index is 1170. The van der Waals surface area contributed by atoms with E-state index in [2.05, 4.69) is 26.6 Å². The van der Waals surface area contributed by atoms with Crippen LogP contribution in [-0.2, 0) is 0 Å². The number of hydrogen-bond donors (Lipinski definition) is 1. The highest BCUT2D eigenvalue weighted by molar-refractivity contribution is 5.85. The van der Waals surface area contributed by atoms with Gasteiger partial charge in [0.05, 0.1) is 18.7 Å². The molecule has 4 aromatic rings. The number of pyridine rings is 1. The third-order valence-corrected chi connectivity index (χ3v) is 5.44. The van der Waals surface area contributed by atoms with Crippen molar-refractivity contribution in [2.45, 2.75) is 18.6 Å². The Labute approximate surface area is 166 Å². The average Bonchev–Trinajstić information content (AvgIpc) is 3.35. The fraction of sp³-hybridized carbons (Fsp3) is 0.350. The van der Waals surface area contributed by atoms with E-state index < -0.39 is 6.17 Å². The number of nitrogens with zero attached hydrogens (tertiary/aromatic N) is 6. The Morgan fingerprint density at radius 2 is 2.07 bits per heavy atom. The van der Waals surface area contributed by atoms with Crippen molar-refractivity contribution in [3.8, 4) is 17.0 Å². The van der Waals surface area contributed by atoms with Crippen molar-refractivity contribution in [2.75, 3.05) is 32.6 Å². The van der Waals surface area contributed by atoms with Gasteiger partial charge in [-0.2, -0.15) is 10.1 Å². The van der Waals surface area contributed by atoms with Gasteiger partial charge >= 0.3 is 0 Å². The normalized spacial score (nSPS) is 20.4. The molecule has 0 aliphatic carbocycles. The van der Waals surface area contributed by atoms with Crippen LogP contribution < -0.4 is 10.1 Å². The van der Waals surface area contributed by atoms with Crippen molar-refractivity contribution in [2.24, 2.45) is 0 Å². The number of methoxy groups -OCH3 is 1. The molecule has 0 spiro atoms. The maximum absolute atomic E-state index is 14.4. The Morgan fingerprint density at radius 3 is 2.90 bits per heavy atom. The van der Waals surface area contributed by atoms with Gasteiger partial charge in [0, 0.05) is 37.2 Å². The monoisotopic (exact) mass is 395 g/mol. The zero-order chi connectivity index (χ0) is 20.0. The van der Waals surface area contributed by atoms with Crippen molar-refractivity contribution in [3.05, 3.63) is 42.9 Å². The molecule has 5 heterocycles. The molecule has 150 valence electrons. The second-order valence-electron chi connectivity index (χ2n) is 7.40. The molecule has 0 aromatic carbocycles. The van der Waals surface area contributed by atoms with Crippen molar-refractivity contribution in [1.29, 1.82) is 0 Å². The van der Waals surface area contributed by atoms with E-state index in [9.17, 15) is 4.39 Å². The average molecular weight is 395 g/mol. The summed E-state index contributed by atoms with van der Waals surface area (Å²) in [6, 6.07) is 7.67. The lowest BCUT2D eigenvalue weighted by Gasteiger charge is -2.32. The van der Waals surface area contributed by atoms with Crippen molar-refractivity contribution in [3.63, 3.8) is 0 Å². The Hall–Kier alpha value is -3.20. The molecule has 0 unspecified atom stereocenters. The van der Waals surface area contributed by atoms with Crippen LogP contribution in [0, 0.1) is 0 Å². The van der Waals surface area contributed by atoms with Crippen LogP contribution in [0.5, 0.6) is 5.88 Å². The molecule has 2 atom stereocenters. The number of halogens is 1. The number of alkyl halides is 1. The van der Waals surface area contributed by atoms with E-state index in [0.717, 1.165) is 28.7 Å². The number of rotatable bonds is 4. The minimum absolute atomic E-state index is 0.312. The van der Waals surface area contributed by atoms with E-state index in [4.69, 9.17) is 4.74 Å². The van der Waals surface area contributed by atoms with Gasteiger partial charge in [0.1, 0.15) is 11.7 Å². The summed E-state index contributed by atoms with van der Waals surface area (Å²) in [5.41, 5.74) is 3.74. The van der Waals surface area contributed by atoms with Crippen molar-refractivity contribution < 1.29 is 9.13 Å². The van der Waals surface area contributed by atoms with E-state index in [1.165, 1.54) is 0 Å². The van der Waals surface area contributed by atoms with Crippen LogP contribution in [0.4, 0.5) is 10.3 Å². The van der Waals surface area contributed by atoms with E-state index >= 15 is 0 Å². The van der Waals surface area contributed by atoms with Gasteiger partial charge in [0.15, 0.2) is 0 Å². The quantitative estimate of drug-likeness (QED) is 0.573. The molecule has 0 bridgehead atoms. The standard InChI is InChI=1S/C20H22FN7O/c1-26-8-6-17(16(21)12-26)23-20-24-19(29-2)18-15(5-10-28(18)25-20)13-4-9-27-14(11-13)3-7-22-27/h3-5,7,9-11,16-17H,6,8,12H2,1-2H3,(H,23,25)/t16-,17-/m1/s1. The van der Waals surface area contributed by atoms with E-state index in [-0.39, 0.29) is 6.04 Å². The summed E-state index contributed by atoms with van der Waals surface area (Å²) in [7, 11) is 3.51. The highest BCUT2D eigenvalue weighted by Crippen LogP contribution is 2.32. The lowest BCUT2D eigenvalue weighted by atomic mass is 10.0. The van der Waals surface area contributed by atoms with Gasteiger partial charge < -0.3 is 15.0 Å². The summed E-state index contributed by atoms with van der Waals surface area (Å²) in [6.45, 7) is 1.24. The third kappa shape index (κ3) is 3.17. The van der Waals surface area contributed by atoms with Gasteiger partial charge in [-0.15, -0.1) is 5.10 Å². The second kappa shape index (κ2) is 7.00. The fourth-order valence-corrected chi connectivity index (χ4v) is 3.90. The first-order chi connectivity index (χ1) is 14.1. The Morgan fingerprint density at radius 1 is 1.21 bits per heavy atom. The highest BCUT2D eigenvalue weighted by atomic mass is 19.1. The van der Waals surface area contributed by atoms with E-state index in [1.807, 2.05) is 47.1 Å². The molecule has 1 fully saturated rings. The molecule has 8 nitrogen and oxygen atoms in total. The first-order valence-corrected chi connectivity index (χ1v) is 9.58. The number of aromatic nitrogens is 5. The number of piperidine rings is 1. The van der Waals surface area contributed by atoms with Gasteiger partial charge in [-0.3, -0.25) is 0 Å². The summed E-state index contributed by atoms with van der Waals surface area (Å²) >= 11 is 0. The minimum Gasteiger partial charge on any atom is -0.479 e. The SMILES string of the molecule is COc1nc(N[C@@H]2CCN(C)C[C@H]2F)nn2ccc(-c3ccn4nccc4c3)c12. The maximum Gasteiger partial charge on any atom is 0.244 e. The zero-order valence-corrected chi connectivity index (χ0v) is 16.3. The topological polar surface area (TPSA) is 72.0 Å². The Kier molecular flexibility index (Phi) is 4.31. The van der Waals surface area contributed by atoms with E-state index in [0.29, 0.717) is 24.8 Å². The molecule has 4 aromatic heterocycles. The number of fused-ring (bicyclic) bond motifs is 2. The van der Waals surface area contributed by atoms with Gasteiger partial charge in [0.2, 0.25) is 11.8 Å². The summed E-state index contributed by atoms with van der Waals surface area (Å²) in [5, 5.41) is 11.9. The number of ether oxygens (including phenoxy) is 1. The van der Waals surface area contributed by atoms with Crippen LogP contribution >= 0.6 is 0 Å². The Balaban J connectivity index is 1.52. The molecular weight excluding hydrogens is 373 g/mol. The first-order valence-electron chi connectivity index (χ1n) is 9.58. The minimum atomic E-state index is -0.971. The molecule has 5 rings (SSSR count). The third-order valence-electron chi connectivity index (χ3n) is 5.44. The molecule has 29 heavy (non-hydrogen) atoms. The first kappa shape index (κ1) is 17.9. The summed E-state index contributed by atoms with van der Waals surface area (Å²) in [6.07, 6.45) is 5.27. The highest BCUT2D eigenvalue weighted by Gasteiger charge is 2.28. The van der Waals surface area contributed by atoms with Gasteiger partial charge in [0.25, 0.3) is 0 Å². The molecule has 0 radical (unpaired) electrons. The molecule has 1 N–H and O–H groups in total. The molecule has 1 aliphatic rings. The summed E-state index contributed by atoms with van der Waals surface area (Å²) in [5.74, 6) is 0.805.